The predicted molar refractivity (Wildman–Crippen MR) is 138 cm³/mol. The van der Waals surface area contributed by atoms with Gasteiger partial charge in [-0.1, -0.05) is 41.4 Å². The number of halogens is 2. The molecule has 3 aromatic rings. The summed E-state index contributed by atoms with van der Waals surface area (Å²) in [5.41, 5.74) is 2.91. The topological polar surface area (TPSA) is 79.3 Å². The molecule has 0 aliphatic carbocycles. The molecule has 0 saturated heterocycles. The minimum absolute atomic E-state index is 0.0464. The lowest BCUT2D eigenvalue weighted by molar-refractivity contribution is -0.0753. The van der Waals surface area contributed by atoms with Crippen LogP contribution < -0.4 is 0 Å². The van der Waals surface area contributed by atoms with Crippen LogP contribution in [0.5, 0.6) is 0 Å². The number of thiophene rings is 1. The van der Waals surface area contributed by atoms with Crippen molar-refractivity contribution in [1.29, 1.82) is 0 Å². The molecule has 1 heterocycles. The van der Waals surface area contributed by atoms with Gasteiger partial charge in [-0.3, -0.25) is 9.63 Å². The van der Waals surface area contributed by atoms with Gasteiger partial charge in [0.1, 0.15) is 11.2 Å². The van der Waals surface area contributed by atoms with Gasteiger partial charge in [0.2, 0.25) is 0 Å². The Bertz CT molecular complexity index is 1350. The third kappa shape index (κ3) is 5.45. The molecule has 34 heavy (non-hydrogen) atoms. The molecule has 0 radical (unpaired) electrons. The molecule has 2 aromatic carbocycles. The molecule has 7 nitrogen and oxygen atoms in total. The zero-order chi connectivity index (χ0) is 25.2. The van der Waals surface area contributed by atoms with Crippen molar-refractivity contribution < 1.29 is 18.0 Å². The number of amides is 1. The highest BCUT2D eigenvalue weighted by atomic mass is 35.5. The summed E-state index contributed by atoms with van der Waals surface area (Å²) in [5.74, 6) is -0.339. The van der Waals surface area contributed by atoms with E-state index >= 15 is 0 Å². The van der Waals surface area contributed by atoms with Crippen molar-refractivity contribution in [3.8, 4) is 21.6 Å². The highest BCUT2D eigenvalue weighted by Gasteiger charge is 2.26. The SMILES string of the molecule is CON(C)C(=O)c1sc(-c2ccc(Cl)cc2Cl)c(C)c1-c1ccc(S(=O)(=O)N=CN(C)C)cc1. The van der Waals surface area contributed by atoms with E-state index in [1.165, 1.54) is 48.9 Å². The number of rotatable bonds is 7. The summed E-state index contributed by atoms with van der Waals surface area (Å²) in [5, 5.41) is 2.10. The number of carbonyl (C=O) groups excluding carboxylic acids is 1. The Labute approximate surface area is 213 Å². The van der Waals surface area contributed by atoms with Gasteiger partial charge in [-0.05, 0) is 42.3 Å². The third-order valence-electron chi connectivity index (χ3n) is 4.93. The highest BCUT2D eigenvalue weighted by Crippen LogP contribution is 2.45. The second-order valence-corrected chi connectivity index (χ2v) is 11.1. The third-order valence-corrected chi connectivity index (χ3v) is 8.03. The summed E-state index contributed by atoms with van der Waals surface area (Å²) in [6.45, 7) is 1.89. The Morgan fingerprint density at radius 2 is 1.74 bits per heavy atom. The monoisotopic (exact) mass is 539 g/mol. The van der Waals surface area contributed by atoms with Gasteiger partial charge in [-0.15, -0.1) is 15.7 Å². The zero-order valence-corrected chi connectivity index (χ0v) is 22.3. The van der Waals surface area contributed by atoms with Gasteiger partial charge in [-0.25, -0.2) is 5.06 Å². The Balaban J connectivity index is 2.16. The Morgan fingerprint density at radius 3 is 2.29 bits per heavy atom. The maximum Gasteiger partial charge on any atom is 0.287 e. The second kappa shape index (κ2) is 10.5. The van der Waals surface area contributed by atoms with Gasteiger partial charge >= 0.3 is 0 Å². The van der Waals surface area contributed by atoms with E-state index < -0.39 is 10.0 Å². The molecular formula is C23H23Cl2N3O4S2. The molecular weight excluding hydrogens is 517 g/mol. The van der Waals surface area contributed by atoms with Gasteiger partial charge < -0.3 is 4.90 Å². The van der Waals surface area contributed by atoms with E-state index in [0.29, 0.717) is 26.0 Å². The van der Waals surface area contributed by atoms with Gasteiger partial charge in [0.15, 0.2) is 0 Å². The molecule has 0 bridgehead atoms. The molecule has 1 aromatic heterocycles. The van der Waals surface area contributed by atoms with Crippen LogP contribution in [0.25, 0.3) is 21.6 Å². The van der Waals surface area contributed by atoms with Crippen molar-refractivity contribution in [3.05, 3.63) is 63.0 Å². The number of hydroxylamine groups is 2. The standard InChI is InChI=1S/C23H23Cl2N3O4S2/c1-14-20(15-6-9-17(10-7-15)34(30,31)26-13-27(2)3)22(23(29)28(4)32-5)33-21(14)18-11-8-16(24)12-19(18)25/h6-13H,1-5H3. The van der Waals surface area contributed by atoms with Crippen LogP contribution in [-0.4, -0.2) is 58.9 Å². The zero-order valence-electron chi connectivity index (χ0n) is 19.2. The van der Waals surface area contributed by atoms with Crippen LogP contribution >= 0.6 is 34.5 Å². The van der Waals surface area contributed by atoms with Crippen molar-refractivity contribution in [2.24, 2.45) is 4.40 Å². The van der Waals surface area contributed by atoms with Crippen LogP contribution in [-0.2, 0) is 14.9 Å². The minimum atomic E-state index is -3.85. The van der Waals surface area contributed by atoms with E-state index in [1.54, 1.807) is 44.4 Å². The number of hydrogen-bond acceptors (Lipinski definition) is 5. The number of benzene rings is 2. The van der Waals surface area contributed by atoms with Gasteiger partial charge in [0.05, 0.1) is 17.0 Å². The molecule has 180 valence electrons. The largest absolute Gasteiger partial charge is 0.368 e. The molecule has 0 N–H and O–H groups in total. The lowest BCUT2D eigenvalue weighted by Gasteiger charge is -2.14. The molecule has 0 unspecified atom stereocenters. The highest BCUT2D eigenvalue weighted by molar-refractivity contribution is 7.90. The summed E-state index contributed by atoms with van der Waals surface area (Å²) < 4.78 is 28.6. The number of carbonyl (C=O) groups is 1. The number of nitrogens with zero attached hydrogens (tertiary/aromatic N) is 3. The van der Waals surface area contributed by atoms with Crippen LogP contribution in [0.3, 0.4) is 0 Å². The van der Waals surface area contributed by atoms with Crippen LogP contribution in [0, 0.1) is 6.92 Å². The van der Waals surface area contributed by atoms with Crippen LogP contribution in [0.15, 0.2) is 51.8 Å². The Morgan fingerprint density at radius 1 is 1.09 bits per heavy atom. The van der Waals surface area contributed by atoms with Crippen LogP contribution in [0.4, 0.5) is 0 Å². The van der Waals surface area contributed by atoms with Crippen molar-refractivity contribution in [3.63, 3.8) is 0 Å². The predicted octanol–water partition coefficient (Wildman–Crippen LogP) is 5.61. The lowest BCUT2D eigenvalue weighted by atomic mass is 9.98. The normalized spacial score (nSPS) is 11.7. The molecule has 0 atom stereocenters. The molecule has 0 aliphatic rings. The fraction of sp³-hybridized carbons (Fsp3) is 0.217. The van der Waals surface area contributed by atoms with E-state index in [0.717, 1.165) is 21.1 Å². The molecule has 0 saturated carbocycles. The Kier molecular flexibility index (Phi) is 8.05. The minimum Gasteiger partial charge on any atom is -0.368 e. The quantitative estimate of drug-likeness (QED) is 0.221. The van der Waals surface area contributed by atoms with Crippen molar-refractivity contribution in [1.82, 2.24) is 9.96 Å². The van der Waals surface area contributed by atoms with Crippen LogP contribution in [0.2, 0.25) is 10.0 Å². The molecule has 0 fully saturated rings. The first-order valence-corrected chi connectivity index (χ1v) is 13.0. The van der Waals surface area contributed by atoms with Gasteiger partial charge in [0, 0.05) is 42.2 Å². The average molecular weight is 540 g/mol. The van der Waals surface area contributed by atoms with Gasteiger partial charge in [-0.2, -0.15) is 8.42 Å². The second-order valence-electron chi connectivity index (χ2n) is 7.55. The number of sulfonamides is 1. The van der Waals surface area contributed by atoms with E-state index in [1.807, 2.05) is 6.92 Å². The molecule has 0 aliphatic heterocycles. The van der Waals surface area contributed by atoms with Crippen molar-refractivity contribution >= 4 is 56.8 Å². The van der Waals surface area contributed by atoms with E-state index in [9.17, 15) is 13.2 Å². The van der Waals surface area contributed by atoms with Crippen molar-refractivity contribution in [2.75, 3.05) is 28.3 Å². The van der Waals surface area contributed by atoms with E-state index in [4.69, 9.17) is 28.0 Å². The molecule has 1 amide bonds. The molecule has 11 heteroatoms. The summed E-state index contributed by atoms with van der Waals surface area (Å²) >= 11 is 13.8. The van der Waals surface area contributed by atoms with E-state index in [-0.39, 0.29) is 10.8 Å². The molecule has 3 rings (SSSR count). The maximum absolute atomic E-state index is 13.1. The molecule has 0 spiro atoms. The Hall–Kier alpha value is -2.43. The first-order valence-electron chi connectivity index (χ1n) is 9.94. The first kappa shape index (κ1) is 26.2. The fourth-order valence-electron chi connectivity index (χ4n) is 3.18. The smallest absolute Gasteiger partial charge is 0.287 e. The summed E-state index contributed by atoms with van der Waals surface area (Å²) in [6, 6.07) is 11.4. The number of hydrogen-bond donors (Lipinski definition) is 0. The fourth-order valence-corrected chi connectivity index (χ4v) is 5.99. The van der Waals surface area contributed by atoms with Crippen LogP contribution in [0.1, 0.15) is 15.2 Å². The lowest BCUT2D eigenvalue weighted by Crippen LogP contribution is -2.25. The first-order chi connectivity index (χ1) is 16.0. The van der Waals surface area contributed by atoms with Gasteiger partial charge in [0.25, 0.3) is 15.9 Å². The average Bonchev–Trinajstić information content (AvgIpc) is 3.13. The summed E-state index contributed by atoms with van der Waals surface area (Å²) in [6.07, 6.45) is 1.23. The van der Waals surface area contributed by atoms with Crippen molar-refractivity contribution in [2.45, 2.75) is 11.8 Å². The maximum atomic E-state index is 13.1. The summed E-state index contributed by atoms with van der Waals surface area (Å²) in [4.78, 5) is 21.0. The van der Waals surface area contributed by atoms with E-state index in [2.05, 4.69) is 4.40 Å². The summed E-state index contributed by atoms with van der Waals surface area (Å²) in [7, 11) is 2.44.